The zero-order chi connectivity index (χ0) is 11.3. The van der Waals surface area contributed by atoms with Crippen LogP contribution >= 0.6 is 0 Å². The molecule has 0 fully saturated rings. The zero-order valence-corrected chi connectivity index (χ0v) is 8.86. The van der Waals surface area contributed by atoms with E-state index in [1.54, 1.807) is 20.3 Å². The van der Waals surface area contributed by atoms with Gasteiger partial charge in [0.2, 0.25) is 0 Å². The van der Waals surface area contributed by atoms with Gasteiger partial charge in [0.1, 0.15) is 11.5 Å². The van der Waals surface area contributed by atoms with E-state index < -0.39 is 0 Å². The molecule has 1 aromatic rings. The van der Waals surface area contributed by atoms with E-state index in [0.717, 1.165) is 5.56 Å². The molecule has 4 heteroatoms. The molecule has 0 saturated heterocycles. The average molecular weight is 206 g/mol. The molecule has 0 aromatic heterocycles. The van der Waals surface area contributed by atoms with E-state index in [9.17, 15) is 0 Å². The van der Waals surface area contributed by atoms with Crippen molar-refractivity contribution in [2.75, 3.05) is 14.2 Å². The Morgan fingerprint density at radius 2 is 1.80 bits per heavy atom. The lowest BCUT2D eigenvalue weighted by Crippen LogP contribution is -2.09. The summed E-state index contributed by atoms with van der Waals surface area (Å²) in [5.74, 6) is 1.36. The van der Waals surface area contributed by atoms with Gasteiger partial charge in [0.25, 0.3) is 0 Å². The molecule has 0 radical (unpaired) electrons. The predicted molar refractivity (Wildman–Crippen MR) is 56.7 cm³/mol. The molecule has 0 unspecified atom stereocenters. The second-order valence-electron chi connectivity index (χ2n) is 3.11. The SMILES string of the molecule is COc1cc(OC)cc([C@@H](N)CC#N)c1. The first kappa shape index (κ1) is 11.3. The summed E-state index contributed by atoms with van der Waals surface area (Å²) >= 11 is 0. The molecule has 1 rings (SSSR count). The zero-order valence-electron chi connectivity index (χ0n) is 8.86. The topological polar surface area (TPSA) is 68.3 Å². The van der Waals surface area contributed by atoms with E-state index in [0.29, 0.717) is 11.5 Å². The van der Waals surface area contributed by atoms with Crippen molar-refractivity contribution in [2.45, 2.75) is 12.5 Å². The number of nitriles is 1. The molecular weight excluding hydrogens is 192 g/mol. The number of benzene rings is 1. The van der Waals surface area contributed by atoms with Crippen LogP contribution in [0.25, 0.3) is 0 Å². The minimum Gasteiger partial charge on any atom is -0.497 e. The molecule has 0 aliphatic rings. The Bertz CT molecular complexity index is 349. The number of nitrogens with two attached hydrogens (primary N) is 1. The molecule has 0 spiro atoms. The molecule has 1 aromatic carbocycles. The van der Waals surface area contributed by atoms with Gasteiger partial charge in [-0.05, 0) is 17.7 Å². The summed E-state index contributed by atoms with van der Waals surface area (Å²) in [4.78, 5) is 0. The summed E-state index contributed by atoms with van der Waals surface area (Å²) in [5, 5.41) is 8.56. The molecule has 0 amide bonds. The normalized spacial score (nSPS) is 11.6. The monoisotopic (exact) mass is 206 g/mol. The Balaban J connectivity index is 3.01. The number of hydrogen-bond donors (Lipinski definition) is 1. The van der Waals surface area contributed by atoms with Crippen LogP contribution in [0.4, 0.5) is 0 Å². The summed E-state index contributed by atoms with van der Waals surface area (Å²) in [6.45, 7) is 0. The lowest BCUT2D eigenvalue weighted by molar-refractivity contribution is 0.392. The Kier molecular flexibility index (Phi) is 3.95. The summed E-state index contributed by atoms with van der Waals surface area (Å²) in [6, 6.07) is 7.11. The molecule has 0 aliphatic carbocycles. The molecule has 1 atom stereocenters. The van der Waals surface area contributed by atoms with Gasteiger partial charge in [-0.3, -0.25) is 0 Å². The van der Waals surface area contributed by atoms with Crippen LogP contribution in [-0.4, -0.2) is 14.2 Å². The van der Waals surface area contributed by atoms with Crippen molar-refractivity contribution in [3.63, 3.8) is 0 Å². The highest BCUT2D eigenvalue weighted by Gasteiger charge is 2.08. The van der Waals surface area contributed by atoms with Crippen LogP contribution in [0.15, 0.2) is 18.2 Å². The van der Waals surface area contributed by atoms with Crippen LogP contribution < -0.4 is 15.2 Å². The fraction of sp³-hybridized carbons (Fsp3) is 0.364. The Morgan fingerprint density at radius 3 is 2.20 bits per heavy atom. The first-order valence-electron chi connectivity index (χ1n) is 4.56. The molecule has 0 bridgehead atoms. The molecule has 4 nitrogen and oxygen atoms in total. The number of hydrogen-bond acceptors (Lipinski definition) is 4. The van der Waals surface area contributed by atoms with E-state index in [2.05, 4.69) is 0 Å². The van der Waals surface area contributed by atoms with Gasteiger partial charge < -0.3 is 15.2 Å². The molecular formula is C11H14N2O2. The molecule has 15 heavy (non-hydrogen) atoms. The van der Waals surface area contributed by atoms with Crippen molar-refractivity contribution in [1.29, 1.82) is 5.26 Å². The third-order valence-corrected chi connectivity index (χ3v) is 2.11. The Hall–Kier alpha value is -1.73. The smallest absolute Gasteiger partial charge is 0.122 e. The molecule has 0 aliphatic heterocycles. The first-order valence-corrected chi connectivity index (χ1v) is 4.56. The maximum Gasteiger partial charge on any atom is 0.122 e. The van der Waals surface area contributed by atoms with Gasteiger partial charge in [0.05, 0.1) is 26.7 Å². The first-order chi connectivity index (χ1) is 7.21. The Labute approximate surface area is 89.2 Å². The molecule has 0 saturated carbocycles. The van der Waals surface area contributed by atoms with Gasteiger partial charge >= 0.3 is 0 Å². The van der Waals surface area contributed by atoms with Crippen LogP contribution in [0.5, 0.6) is 11.5 Å². The number of nitrogens with zero attached hydrogens (tertiary/aromatic N) is 1. The minimum atomic E-state index is -0.306. The van der Waals surface area contributed by atoms with Crippen LogP contribution in [-0.2, 0) is 0 Å². The number of rotatable bonds is 4. The largest absolute Gasteiger partial charge is 0.497 e. The summed E-state index contributed by atoms with van der Waals surface area (Å²) in [5.41, 5.74) is 6.66. The molecule has 0 heterocycles. The average Bonchev–Trinajstić information content (AvgIpc) is 2.28. The van der Waals surface area contributed by atoms with Crippen molar-refractivity contribution in [3.05, 3.63) is 23.8 Å². The van der Waals surface area contributed by atoms with Gasteiger partial charge in [0, 0.05) is 12.1 Å². The minimum absolute atomic E-state index is 0.274. The van der Waals surface area contributed by atoms with Crippen molar-refractivity contribution < 1.29 is 9.47 Å². The van der Waals surface area contributed by atoms with E-state index in [-0.39, 0.29) is 12.5 Å². The van der Waals surface area contributed by atoms with Crippen LogP contribution in [0.2, 0.25) is 0 Å². The highest BCUT2D eigenvalue weighted by Crippen LogP contribution is 2.26. The van der Waals surface area contributed by atoms with Gasteiger partial charge in [-0.2, -0.15) is 5.26 Å². The van der Waals surface area contributed by atoms with Gasteiger partial charge in [0.15, 0.2) is 0 Å². The van der Waals surface area contributed by atoms with E-state index >= 15 is 0 Å². The summed E-state index contributed by atoms with van der Waals surface area (Å²) < 4.78 is 10.2. The number of methoxy groups -OCH3 is 2. The fourth-order valence-corrected chi connectivity index (χ4v) is 1.26. The van der Waals surface area contributed by atoms with Crippen molar-refractivity contribution in [3.8, 4) is 17.6 Å². The summed E-state index contributed by atoms with van der Waals surface area (Å²) in [6.07, 6.45) is 0.274. The van der Waals surface area contributed by atoms with Gasteiger partial charge in [-0.25, -0.2) is 0 Å². The summed E-state index contributed by atoms with van der Waals surface area (Å²) in [7, 11) is 3.16. The van der Waals surface area contributed by atoms with Crippen LogP contribution in [0.1, 0.15) is 18.0 Å². The van der Waals surface area contributed by atoms with Crippen molar-refractivity contribution in [1.82, 2.24) is 0 Å². The second kappa shape index (κ2) is 5.23. The Morgan fingerprint density at radius 1 is 1.27 bits per heavy atom. The lowest BCUT2D eigenvalue weighted by atomic mass is 10.0. The quantitative estimate of drug-likeness (QED) is 0.812. The third-order valence-electron chi connectivity index (χ3n) is 2.11. The molecule has 2 N–H and O–H groups in total. The number of ether oxygens (including phenoxy) is 2. The van der Waals surface area contributed by atoms with E-state index in [1.807, 2.05) is 18.2 Å². The van der Waals surface area contributed by atoms with Gasteiger partial charge in [-0.15, -0.1) is 0 Å². The second-order valence-corrected chi connectivity index (χ2v) is 3.11. The van der Waals surface area contributed by atoms with Crippen molar-refractivity contribution >= 4 is 0 Å². The highest BCUT2D eigenvalue weighted by molar-refractivity contribution is 5.39. The van der Waals surface area contributed by atoms with Crippen LogP contribution in [0.3, 0.4) is 0 Å². The van der Waals surface area contributed by atoms with E-state index in [4.69, 9.17) is 20.5 Å². The third kappa shape index (κ3) is 2.86. The maximum absolute atomic E-state index is 8.56. The standard InChI is InChI=1S/C11H14N2O2/c1-14-9-5-8(11(13)3-4-12)6-10(7-9)15-2/h5-7,11H,3,13H2,1-2H3/t11-/m0/s1. The predicted octanol–water partition coefficient (Wildman–Crippen LogP) is 1.62. The maximum atomic E-state index is 8.56. The van der Waals surface area contributed by atoms with Crippen LogP contribution in [0, 0.1) is 11.3 Å². The fourth-order valence-electron chi connectivity index (χ4n) is 1.26. The highest BCUT2D eigenvalue weighted by atomic mass is 16.5. The van der Waals surface area contributed by atoms with E-state index in [1.165, 1.54) is 0 Å². The lowest BCUT2D eigenvalue weighted by Gasteiger charge is -2.11. The van der Waals surface area contributed by atoms with Crippen molar-refractivity contribution in [2.24, 2.45) is 5.73 Å². The molecule has 80 valence electrons. The van der Waals surface area contributed by atoms with Gasteiger partial charge in [-0.1, -0.05) is 0 Å².